The summed E-state index contributed by atoms with van der Waals surface area (Å²) in [5.74, 6) is -0.390. The largest absolute Gasteiger partial charge is 0.493 e. The molecule has 0 fully saturated rings. The number of halogens is 2. The molecule has 0 aliphatic rings. The summed E-state index contributed by atoms with van der Waals surface area (Å²) in [6, 6.07) is 3.46. The molecule has 1 amide bonds. The van der Waals surface area contributed by atoms with Gasteiger partial charge in [0.05, 0.1) is 13.2 Å². The number of methoxy groups -OCH3 is 1. The Labute approximate surface area is 172 Å². The Morgan fingerprint density at radius 1 is 1.27 bits per heavy atom. The first kappa shape index (κ1) is 23.5. The lowest BCUT2D eigenvalue weighted by Gasteiger charge is -2.15. The van der Waals surface area contributed by atoms with Crippen LogP contribution in [0.15, 0.2) is 27.6 Å². The molecule has 0 spiro atoms. The minimum atomic E-state index is -3.99. The molecule has 0 aliphatic carbocycles. The second kappa shape index (κ2) is 9.85. The summed E-state index contributed by atoms with van der Waals surface area (Å²) in [7, 11) is -2.66. The lowest BCUT2D eigenvalue weighted by Crippen LogP contribution is -2.45. The Kier molecular flexibility index (Phi) is 7.73. The number of aromatic nitrogens is 1. The van der Waals surface area contributed by atoms with Crippen LogP contribution >= 0.6 is 0 Å². The molecule has 0 saturated carbocycles. The van der Waals surface area contributed by atoms with Gasteiger partial charge in [0.15, 0.2) is 17.3 Å². The SMILES string of the molecule is COc1ccc(CCNC(=O)[C@H](C)NS(=O)(=O)c2c(C)noc2C)cc1OC(F)F. The molecule has 0 unspecified atom stereocenters. The van der Waals surface area contributed by atoms with Gasteiger partial charge in [0.2, 0.25) is 15.9 Å². The minimum absolute atomic E-state index is 0.105. The molecule has 1 heterocycles. The summed E-state index contributed by atoms with van der Waals surface area (Å²) in [5.41, 5.74) is 0.810. The standard InChI is InChI=1S/C18H23F2N3O6S/c1-10-16(12(3)29-22-10)30(25,26)23-11(2)17(24)21-8-7-13-5-6-14(27-4)15(9-13)28-18(19)20/h5-6,9,11,18,23H,7-8H2,1-4H3,(H,21,24)/t11-/m0/s1. The van der Waals surface area contributed by atoms with E-state index in [4.69, 9.17) is 9.26 Å². The van der Waals surface area contributed by atoms with Crippen molar-refractivity contribution in [2.75, 3.05) is 13.7 Å². The average Bonchev–Trinajstić information content (AvgIpc) is 3.00. The molecule has 0 aliphatic heterocycles. The molecular formula is C18H23F2N3O6S. The summed E-state index contributed by atoms with van der Waals surface area (Å²) >= 11 is 0. The van der Waals surface area contributed by atoms with Crippen molar-refractivity contribution < 1.29 is 36.0 Å². The molecular weight excluding hydrogens is 424 g/mol. The van der Waals surface area contributed by atoms with E-state index < -0.39 is 28.6 Å². The molecule has 2 aromatic rings. The van der Waals surface area contributed by atoms with Crippen LogP contribution in [-0.4, -0.2) is 45.8 Å². The van der Waals surface area contributed by atoms with Crippen molar-refractivity contribution in [3.05, 3.63) is 35.2 Å². The monoisotopic (exact) mass is 447 g/mol. The number of benzene rings is 1. The van der Waals surface area contributed by atoms with E-state index in [1.165, 1.54) is 40.0 Å². The zero-order chi connectivity index (χ0) is 22.5. The number of amides is 1. The Balaban J connectivity index is 1.94. The highest BCUT2D eigenvalue weighted by atomic mass is 32.2. The molecule has 0 bridgehead atoms. The predicted octanol–water partition coefficient (Wildman–Crippen LogP) is 1.93. The van der Waals surface area contributed by atoms with Gasteiger partial charge in [0, 0.05) is 6.54 Å². The van der Waals surface area contributed by atoms with Gasteiger partial charge >= 0.3 is 6.61 Å². The fourth-order valence-corrected chi connectivity index (χ4v) is 4.28. The van der Waals surface area contributed by atoms with Gasteiger partial charge in [0.1, 0.15) is 10.6 Å². The van der Waals surface area contributed by atoms with Crippen molar-refractivity contribution in [1.82, 2.24) is 15.2 Å². The smallest absolute Gasteiger partial charge is 0.387 e. The van der Waals surface area contributed by atoms with Crippen LogP contribution in [0.25, 0.3) is 0 Å². The highest BCUT2D eigenvalue weighted by Gasteiger charge is 2.28. The molecule has 2 rings (SSSR count). The van der Waals surface area contributed by atoms with Crippen LogP contribution in [0.1, 0.15) is 23.9 Å². The van der Waals surface area contributed by atoms with Crippen molar-refractivity contribution in [2.24, 2.45) is 0 Å². The van der Waals surface area contributed by atoms with E-state index >= 15 is 0 Å². The fourth-order valence-electron chi connectivity index (χ4n) is 2.75. The van der Waals surface area contributed by atoms with Crippen LogP contribution in [0.5, 0.6) is 11.5 Å². The van der Waals surface area contributed by atoms with Crippen LogP contribution in [0, 0.1) is 13.8 Å². The number of aryl methyl sites for hydroxylation is 2. The average molecular weight is 447 g/mol. The van der Waals surface area contributed by atoms with Gasteiger partial charge in [-0.2, -0.15) is 13.5 Å². The number of ether oxygens (including phenoxy) is 2. The zero-order valence-electron chi connectivity index (χ0n) is 16.9. The fraction of sp³-hybridized carbons (Fsp3) is 0.444. The van der Waals surface area contributed by atoms with Crippen LogP contribution in [0.3, 0.4) is 0 Å². The highest BCUT2D eigenvalue weighted by Crippen LogP contribution is 2.29. The van der Waals surface area contributed by atoms with Gasteiger partial charge in [-0.1, -0.05) is 11.2 Å². The van der Waals surface area contributed by atoms with Crippen molar-refractivity contribution in [3.8, 4) is 11.5 Å². The summed E-state index contributed by atoms with van der Waals surface area (Å²) < 4.78 is 66.4. The van der Waals surface area contributed by atoms with Crippen molar-refractivity contribution in [1.29, 1.82) is 0 Å². The summed E-state index contributed by atoms with van der Waals surface area (Å²) in [6.45, 7) is 1.49. The van der Waals surface area contributed by atoms with E-state index in [0.717, 1.165) is 0 Å². The topological polar surface area (TPSA) is 120 Å². The number of sulfonamides is 1. The van der Waals surface area contributed by atoms with E-state index in [1.54, 1.807) is 6.07 Å². The van der Waals surface area contributed by atoms with Crippen LogP contribution < -0.4 is 19.5 Å². The molecule has 0 saturated heterocycles. The number of carbonyl (C=O) groups excluding carboxylic acids is 1. The quantitative estimate of drug-likeness (QED) is 0.571. The van der Waals surface area contributed by atoms with E-state index in [0.29, 0.717) is 12.0 Å². The first-order valence-corrected chi connectivity index (χ1v) is 10.4. The lowest BCUT2D eigenvalue weighted by atomic mass is 10.1. The zero-order valence-corrected chi connectivity index (χ0v) is 17.7. The summed E-state index contributed by atoms with van der Waals surface area (Å²) in [6.07, 6.45) is 0.304. The third-order valence-electron chi connectivity index (χ3n) is 4.12. The second-order valence-corrected chi connectivity index (χ2v) is 8.05. The third kappa shape index (κ3) is 5.89. The van der Waals surface area contributed by atoms with Crippen LogP contribution in [-0.2, 0) is 21.2 Å². The van der Waals surface area contributed by atoms with Gasteiger partial charge in [-0.15, -0.1) is 0 Å². The Bertz CT molecular complexity index is 974. The lowest BCUT2D eigenvalue weighted by molar-refractivity contribution is -0.122. The van der Waals surface area contributed by atoms with Crippen molar-refractivity contribution >= 4 is 15.9 Å². The number of nitrogens with one attached hydrogen (secondary N) is 2. The number of nitrogens with zero attached hydrogens (tertiary/aromatic N) is 1. The number of hydrogen-bond acceptors (Lipinski definition) is 7. The number of hydrogen-bond donors (Lipinski definition) is 2. The molecule has 1 atom stereocenters. The van der Waals surface area contributed by atoms with Gasteiger partial charge in [-0.05, 0) is 44.9 Å². The molecule has 1 aromatic heterocycles. The molecule has 166 valence electrons. The minimum Gasteiger partial charge on any atom is -0.493 e. The van der Waals surface area contributed by atoms with Gasteiger partial charge in [-0.25, -0.2) is 8.42 Å². The number of alkyl halides is 2. The van der Waals surface area contributed by atoms with Crippen molar-refractivity contribution in [3.63, 3.8) is 0 Å². The van der Waals surface area contributed by atoms with E-state index in [-0.39, 0.29) is 34.4 Å². The second-order valence-electron chi connectivity index (χ2n) is 6.40. The number of rotatable bonds is 10. The normalized spacial score (nSPS) is 12.6. The molecule has 0 radical (unpaired) electrons. The first-order valence-electron chi connectivity index (χ1n) is 8.89. The Morgan fingerprint density at radius 2 is 1.97 bits per heavy atom. The first-order chi connectivity index (χ1) is 14.0. The number of carbonyl (C=O) groups is 1. The van der Waals surface area contributed by atoms with E-state index in [9.17, 15) is 22.0 Å². The summed E-state index contributed by atoms with van der Waals surface area (Å²) in [4.78, 5) is 12.1. The van der Waals surface area contributed by atoms with Gasteiger partial charge < -0.3 is 19.3 Å². The van der Waals surface area contributed by atoms with Crippen molar-refractivity contribution in [2.45, 2.75) is 44.7 Å². The highest BCUT2D eigenvalue weighted by molar-refractivity contribution is 7.89. The molecule has 30 heavy (non-hydrogen) atoms. The Morgan fingerprint density at radius 3 is 2.53 bits per heavy atom. The maximum absolute atomic E-state index is 12.5. The molecule has 1 aromatic carbocycles. The third-order valence-corrected chi connectivity index (χ3v) is 5.90. The maximum Gasteiger partial charge on any atom is 0.387 e. The van der Waals surface area contributed by atoms with E-state index in [1.807, 2.05) is 0 Å². The van der Waals surface area contributed by atoms with Gasteiger partial charge in [-0.3, -0.25) is 4.79 Å². The summed E-state index contributed by atoms with van der Waals surface area (Å²) in [5, 5.41) is 6.19. The van der Waals surface area contributed by atoms with Gasteiger partial charge in [0.25, 0.3) is 0 Å². The molecule has 2 N–H and O–H groups in total. The maximum atomic E-state index is 12.5. The molecule has 12 heteroatoms. The van der Waals surface area contributed by atoms with Crippen LogP contribution in [0.4, 0.5) is 8.78 Å². The van der Waals surface area contributed by atoms with Crippen LogP contribution in [0.2, 0.25) is 0 Å². The predicted molar refractivity (Wildman–Crippen MR) is 102 cm³/mol. The Hall–Kier alpha value is -2.73. The van der Waals surface area contributed by atoms with E-state index in [2.05, 4.69) is 19.9 Å². The molecule has 9 nitrogen and oxygen atoms in total.